The molecular weight excluding hydrogens is 268 g/mol. The van der Waals surface area contributed by atoms with E-state index in [-0.39, 0.29) is 11.3 Å². The van der Waals surface area contributed by atoms with Crippen LogP contribution in [-0.4, -0.2) is 36.2 Å². The van der Waals surface area contributed by atoms with Crippen LogP contribution in [0.2, 0.25) is 0 Å². The van der Waals surface area contributed by atoms with E-state index in [4.69, 9.17) is 20.3 Å². The van der Waals surface area contributed by atoms with Gasteiger partial charge in [-0.05, 0) is 19.1 Å². The van der Waals surface area contributed by atoms with E-state index in [0.717, 1.165) is 0 Å². The number of hydrogen-bond donors (Lipinski definition) is 3. The first-order chi connectivity index (χ1) is 9.35. The molecule has 20 heavy (non-hydrogen) atoms. The summed E-state index contributed by atoms with van der Waals surface area (Å²) >= 11 is 0. The van der Waals surface area contributed by atoms with Gasteiger partial charge in [-0.15, -0.1) is 0 Å². The first-order valence-electron chi connectivity index (χ1n) is 5.53. The molecule has 8 heteroatoms. The molecule has 0 fully saturated rings. The number of carboxylic acids is 1. The maximum Gasteiger partial charge on any atom is 0.339 e. The molecule has 0 saturated carbocycles. The van der Waals surface area contributed by atoms with Gasteiger partial charge in [-0.1, -0.05) is 0 Å². The lowest BCUT2D eigenvalue weighted by Gasteiger charge is -2.15. The van der Waals surface area contributed by atoms with Gasteiger partial charge in [0, 0.05) is 6.07 Å². The summed E-state index contributed by atoms with van der Waals surface area (Å²) < 4.78 is 10.2. The van der Waals surface area contributed by atoms with Gasteiger partial charge in [-0.25, -0.2) is 9.59 Å². The summed E-state index contributed by atoms with van der Waals surface area (Å²) in [5.41, 5.74) is 4.67. The Morgan fingerprint density at radius 3 is 2.50 bits per heavy atom. The molecule has 108 valence electrons. The third-order valence-corrected chi connectivity index (χ3v) is 2.34. The number of primary amides is 1. The lowest BCUT2D eigenvalue weighted by atomic mass is 10.2. The van der Waals surface area contributed by atoms with Gasteiger partial charge in [-0.3, -0.25) is 10.1 Å². The second-order valence-electron chi connectivity index (χ2n) is 3.78. The number of carbonyl (C=O) groups excluding carboxylic acids is 2. The van der Waals surface area contributed by atoms with Crippen LogP contribution in [0.3, 0.4) is 0 Å². The normalized spacial score (nSPS) is 11.3. The molecule has 0 aliphatic rings. The highest BCUT2D eigenvalue weighted by atomic mass is 16.5. The van der Waals surface area contributed by atoms with Crippen molar-refractivity contribution in [3.8, 4) is 11.5 Å². The Labute approximate surface area is 114 Å². The number of amides is 3. The Hall–Kier alpha value is -2.77. The molecule has 0 radical (unpaired) electrons. The number of nitrogens with one attached hydrogen (secondary N) is 1. The van der Waals surface area contributed by atoms with E-state index >= 15 is 0 Å². The van der Waals surface area contributed by atoms with Gasteiger partial charge in [0.05, 0.1) is 7.11 Å². The summed E-state index contributed by atoms with van der Waals surface area (Å²) in [5.74, 6) is -1.68. The van der Waals surface area contributed by atoms with Gasteiger partial charge in [0.2, 0.25) is 0 Å². The molecule has 1 rings (SSSR count). The largest absolute Gasteiger partial charge is 0.497 e. The van der Waals surface area contributed by atoms with E-state index in [0.29, 0.717) is 5.75 Å². The maximum atomic E-state index is 11.5. The third-order valence-electron chi connectivity index (χ3n) is 2.34. The predicted octanol–water partition coefficient (Wildman–Crippen LogP) is 0.356. The zero-order chi connectivity index (χ0) is 15.3. The molecule has 1 aromatic carbocycles. The van der Waals surface area contributed by atoms with Crippen molar-refractivity contribution in [1.29, 1.82) is 0 Å². The number of benzene rings is 1. The Morgan fingerprint density at radius 1 is 1.35 bits per heavy atom. The number of methoxy groups -OCH3 is 1. The van der Waals surface area contributed by atoms with Crippen molar-refractivity contribution in [3.63, 3.8) is 0 Å². The number of carboxylic acid groups (broad SMARTS) is 1. The standard InChI is InChI=1S/C12H14N2O6/c1-6(10(15)14-12(13)18)20-9-5-7(19-2)3-4-8(9)11(16)17/h3-6H,1-2H3,(H,16,17)(H3,13,14,15,18). The molecule has 3 amide bonds. The minimum Gasteiger partial charge on any atom is -0.497 e. The second kappa shape index (κ2) is 6.41. The average Bonchev–Trinajstić information content (AvgIpc) is 2.37. The van der Waals surface area contributed by atoms with Gasteiger partial charge in [-0.2, -0.15) is 0 Å². The molecule has 0 spiro atoms. The van der Waals surface area contributed by atoms with Crippen molar-refractivity contribution in [3.05, 3.63) is 23.8 Å². The maximum absolute atomic E-state index is 11.5. The van der Waals surface area contributed by atoms with Gasteiger partial charge < -0.3 is 20.3 Å². The SMILES string of the molecule is COc1ccc(C(=O)O)c(OC(C)C(=O)NC(N)=O)c1. The highest BCUT2D eigenvalue weighted by molar-refractivity contribution is 5.96. The number of rotatable bonds is 5. The number of nitrogens with two attached hydrogens (primary N) is 1. The topological polar surface area (TPSA) is 128 Å². The molecule has 0 aromatic heterocycles. The van der Waals surface area contributed by atoms with E-state index < -0.39 is 24.0 Å². The monoisotopic (exact) mass is 282 g/mol. The molecule has 4 N–H and O–H groups in total. The Balaban J connectivity index is 2.97. The van der Waals surface area contributed by atoms with Gasteiger partial charge in [0.25, 0.3) is 5.91 Å². The molecule has 0 bridgehead atoms. The van der Waals surface area contributed by atoms with Gasteiger partial charge >= 0.3 is 12.0 Å². The van der Waals surface area contributed by atoms with Crippen molar-refractivity contribution in [2.45, 2.75) is 13.0 Å². The first-order valence-corrected chi connectivity index (χ1v) is 5.53. The van der Waals surface area contributed by atoms with E-state index in [1.807, 2.05) is 5.32 Å². The quantitative estimate of drug-likeness (QED) is 0.715. The third kappa shape index (κ3) is 3.87. The van der Waals surface area contributed by atoms with Crippen molar-refractivity contribution >= 4 is 17.9 Å². The second-order valence-corrected chi connectivity index (χ2v) is 3.78. The molecule has 1 atom stereocenters. The summed E-state index contributed by atoms with van der Waals surface area (Å²) in [7, 11) is 1.41. The molecular formula is C12H14N2O6. The Kier molecular flexibility index (Phi) is 4.90. The molecule has 8 nitrogen and oxygen atoms in total. The molecule has 0 aliphatic carbocycles. The Bertz CT molecular complexity index is 543. The fourth-order valence-electron chi connectivity index (χ4n) is 1.37. The first kappa shape index (κ1) is 15.3. The number of urea groups is 1. The van der Waals surface area contributed by atoms with E-state index in [2.05, 4.69) is 0 Å². The smallest absolute Gasteiger partial charge is 0.339 e. The van der Waals surface area contributed by atoms with Crippen LogP contribution in [0, 0.1) is 0 Å². The molecule has 1 aromatic rings. The zero-order valence-electron chi connectivity index (χ0n) is 10.9. The van der Waals surface area contributed by atoms with Crippen LogP contribution in [0.25, 0.3) is 0 Å². The fourth-order valence-corrected chi connectivity index (χ4v) is 1.37. The predicted molar refractivity (Wildman–Crippen MR) is 67.8 cm³/mol. The summed E-state index contributed by atoms with van der Waals surface area (Å²) in [4.78, 5) is 33.1. The van der Waals surface area contributed by atoms with E-state index in [1.54, 1.807) is 0 Å². The molecule has 0 aliphatic heterocycles. The fraction of sp³-hybridized carbons (Fsp3) is 0.250. The van der Waals surface area contributed by atoms with Gasteiger partial charge in [0.1, 0.15) is 17.1 Å². The van der Waals surface area contributed by atoms with Gasteiger partial charge in [0.15, 0.2) is 6.10 Å². The van der Waals surface area contributed by atoms with Crippen molar-refractivity contribution in [2.75, 3.05) is 7.11 Å². The highest BCUT2D eigenvalue weighted by Crippen LogP contribution is 2.25. The van der Waals surface area contributed by atoms with Crippen molar-refractivity contribution < 1.29 is 29.0 Å². The van der Waals surface area contributed by atoms with Crippen LogP contribution >= 0.6 is 0 Å². The summed E-state index contributed by atoms with van der Waals surface area (Å²) in [5, 5.41) is 10.9. The summed E-state index contributed by atoms with van der Waals surface area (Å²) in [6.45, 7) is 1.35. The summed E-state index contributed by atoms with van der Waals surface area (Å²) in [6.07, 6.45) is -1.10. The minimum absolute atomic E-state index is 0.0519. The highest BCUT2D eigenvalue weighted by Gasteiger charge is 2.20. The molecule has 1 unspecified atom stereocenters. The molecule has 0 saturated heterocycles. The van der Waals surface area contributed by atoms with Crippen LogP contribution in [0.15, 0.2) is 18.2 Å². The van der Waals surface area contributed by atoms with E-state index in [1.165, 1.54) is 32.2 Å². The van der Waals surface area contributed by atoms with Crippen LogP contribution in [0.4, 0.5) is 4.79 Å². The lowest BCUT2D eigenvalue weighted by Crippen LogP contribution is -2.42. The van der Waals surface area contributed by atoms with Crippen molar-refractivity contribution in [2.24, 2.45) is 5.73 Å². The number of imide groups is 1. The van der Waals surface area contributed by atoms with Crippen LogP contribution in [0.5, 0.6) is 11.5 Å². The van der Waals surface area contributed by atoms with Crippen LogP contribution in [-0.2, 0) is 4.79 Å². The number of carbonyl (C=O) groups is 3. The number of ether oxygens (including phenoxy) is 2. The Morgan fingerprint density at radius 2 is 2.00 bits per heavy atom. The average molecular weight is 282 g/mol. The number of hydrogen-bond acceptors (Lipinski definition) is 5. The lowest BCUT2D eigenvalue weighted by molar-refractivity contribution is -0.126. The zero-order valence-corrected chi connectivity index (χ0v) is 10.9. The minimum atomic E-state index is -1.22. The molecule has 0 heterocycles. The van der Waals surface area contributed by atoms with Crippen LogP contribution in [0.1, 0.15) is 17.3 Å². The van der Waals surface area contributed by atoms with Crippen molar-refractivity contribution in [1.82, 2.24) is 5.32 Å². The van der Waals surface area contributed by atoms with Crippen LogP contribution < -0.4 is 20.5 Å². The van der Waals surface area contributed by atoms with E-state index in [9.17, 15) is 14.4 Å². The number of aromatic carboxylic acids is 1. The summed E-state index contributed by atoms with van der Waals surface area (Å²) in [6, 6.07) is 3.05.